The van der Waals surface area contributed by atoms with Crippen LogP contribution in [0.25, 0.3) is 10.2 Å². The summed E-state index contributed by atoms with van der Waals surface area (Å²) in [6.45, 7) is 3.75. The first-order valence-electron chi connectivity index (χ1n) is 8.13. The number of likely N-dealkylation sites (tertiary alicyclic amines) is 1. The Hall–Kier alpha value is -1.62. The number of rotatable bonds is 4. The van der Waals surface area contributed by atoms with Gasteiger partial charge in [-0.1, -0.05) is 12.1 Å². The maximum atomic E-state index is 12.2. The van der Waals surface area contributed by atoms with Crippen molar-refractivity contribution in [2.45, 2.75) is 45.1 Å². The summed E-state index contributed by atoms with van der Waals surface area (Å²) >= 11 is 1.75. The Kier molecular flexibility index (Phi) is 4.93. The molecule has 0 saturated carbocycles. The molecule has 118 valence electrons. The highest BCUT2D eigenvalue weighted by atomic mass is 32.1. The number of urea groups is 1. The molecule has 3 rings (SSSR count). The molecule has 1 aliphatic heterocycles. The number of carbonyl (C=O) groups excluding carboxylic acids is 1. The van der Waals surface area contributed by atoms with Crippen LogP contribution in [-0.2, 0) is 6.42 Å². The van der Waals surface area contributed by atoms with Gasteiger partial charge in [0.05, 0.1) is 15.2 Å². The molecule has 0 spiro atoms. The second-order valence-electron chi connectivity index (χ2n) is 5.95. The number of benzene rings is 1. The van der Waals surface area contributed by atoms with Crippen molar-refractivity contribution >= 4 is 27.6 Å². The predicted octanol–water partition coefficient (Wildman–Crippen LogP) is 3.81. The second-order valence-corrected chi connectivity index (χ2v) is 7.06. The summed E-state index contributed by atoms with van der Waals surface area (Å²) in [5.41, 5.74) is 1.08. The zero-order valence-electron chi connectivity index (χ0n) is 13.0. The molecule has 1 fully saturated rings. The Morgan fingerprint density at radius 3 is 3.09 bits per heavy atom. The van der Waals surface area contributed by atoms with Gasteiger partial charge in [-0.05, 0) is 44.7 Å². The van der Waals surface area contributed by atoms with E-state index >= 15 is 0 Å². The molecule has 4 nitrogen and oxygen atoms in total. The number of carbonyl (C=O) groups is 1. The number of hydrogen-bond acceptors (Lipinski definition) is 3. The van der Waals surface area contributed by atoms with Gasteiger partial charge in [-0.2, -0.15) is 0 Å². The quantitative estimate of drug-likeness (QED) is 0.872. The SMILES string of the molecule is CC1CCCCN1C(=O)NCCCc1nc2ccccc2s1. The van der Waals surface area contributed by atoms with Crippen molar-refractivity contribution in [1.29, 1.82) is 0 Å². The van der Waals surface area contributed by atoms with Gasteiger partial charge >= 0.3 is 6.03 Å². The third-order valence-electron chi connectivity index (χ3n) is 4.25. The highest BCUT2D eigenvalue weighted by molar-refractivity contribution is 7.18. The molecule has 1 unspecified atom stereocenters. The molecule has 0 bridgehead atoms. The van der Waals surface area contributed by atoms with E-state index in [-0.39, 0.29) is 6.03 Å². The maximum absolute atomic E-state index is 12.2. The number of fused-ring (bicyclic) bond motifs is 1. The van der Waals surface area contributed by atoms with Crippen LogP contribution in [0, 0.1) is 0 Å². The van der Waals surface area contributed by atoms with Gasteiger partial charge in [0.25, 0.3) is 0 Å². The van der Waals surface area contributed by atoms with Crippen LogP contribution in [0.4, 0.5) is 4.79 Å². The molecule has 2 aromatic rings. The summed E-state index contributed by atoms with van der Waals surface area (Å²) in [5.74, 6) is 0. The monoisotopic (exact) mass is 317 g/mol. The molecule has 0 radical (unpaired) electrons. The van der Waals surface area contributed by atoms with Crippen molar-refractivity contribution in [1.82, 2.24) is 15.2 Å². The molecule has 2 heterocycles. The highest BCUT2D eigenvalue weighted by Crippen LogP contribution is 2.22. The fraction of sp³-hybridized carbons (Fsp3) is 0.529. The van der Waals surface area contributed by atoms with E-state index < -0.39 is 0 Å². The van der Waals surface area contributed by atoms with Gasteiger partial charge in [0.1, 0.15) is 0 Å². The van der Waals surface area contributed by atoms with Crippen molar-refractivity contribution in [2.75, 3.05) is 13.1 Å². The van der Waals surface area contributed by atoms with Crippen molar-refractivity contribution in [3.8, 4) is 0 Å². The third-order valence-corrected chi connectivity index (χ3v) is 5.34. The summed E-state index contributed by atoms with van der Waals surface area (Å²) in [6, 6.07) is 8.69. The van der Waals surface area contributed by atoms with E-state index in [9.17, 15) is 4.79 Å². The normalized spacial score (nSPS) is 18.6. The lowest BCUT2D eigenvalue weighted by Crippen LogP contribution is -2.47. The van der Waals surface area contributed by atoms with Crippen LogP contribution in [0.1, 0.15) is 37.6 Å². The largest absolute Gasteiger partial charge is 0.338 e. The van der Waals surface area contributed by atoms with Crippen molar-refractivity contribution in [2.24, 2.45) is 0 Å². The van der Waals surface area contributed by atoms with E-state index in [1.807, 2.05) is 17.0 Å². The summed E-state index contributed by atoms with van der Waals surface area (Å²) in [5, 5.41) is 4.21. The van der Waals surface area contributed by atoms with Gasteiger partial charge in [-0.15, -0.1) is 11.3 Å². The van der Waals surface area contributed by atoms with Crippen molar-refractivity contribution in [3.05, 3.63) is 29.3 Å². The third kappa shape index (κ3) is 3.58. The minimum absolute atomic E-state index is 0.0940. The van der Waals surface area contributed by atoms with E-state index in [0.29, 0.717) is 6.04 Å². The molecule has 2 amide bonds. The van der Waals surface area contributed by atoms with Gasteiger partial charge in [-0.3, -0.25) is 0 Å². The Morgan fingerprint density at radius 2 is 2.27 bits per heavy atom. The highest BCUT2D eigenvalue weighted by Gasteiger charge is 2.22. The predicted molar refractivity (Wildman–Crippen MR) is 91.4 cm³/mol. The molecule has 1 aromatic heterocycles. The molecular formula is C17H23N3OS. The number of nitrogens with one attached hydrogen (secondary N) is 1. The minimum Gasteiger partial charge on any atom is -0.338 e. The van der Waals surface area contributed by atoms with E-state index in [2.05, 4.69) is 29.4 Å². The average molecular weight is 317 g/mol. The summed E-state index contributed by atoms with van der Waals surface area (Å²) in [7, 11) is 0. The number of amides is 2. The van der Waals surface area contributed by atoms with E-state index in [0.717, 1.165) is 49.3 Å². The van der Waals surface area contributed by atoms with E-state index in [1.54, 1.807) is 11.3 Å². The zero-order chi connectivity index (χ0) is 15.4. The molecule has 1 aliphatic rings. The molecule has 1 N–H and O–H groups in total. The molecular weight excluding hydrogens is 294 g/mol. The van der Waals surface area contributed by atoms with Crippen LogP contribution in [-0.4, -0.2) is 35.0 Å². The molecule has 1 aromatic carbocycles. The van der Waals surface area contributed by atoms with Crippen LogP contribution >= 0.6 is 11.3 Å². The Balaban J connectivity index is 1.44. The molecule has 1 atom stereocenters. The second kappa shape index (κ2) is 7.09. The zero-order valence-corrected chi connectivity index (χ0v) is 13.9. The Bertz CT molecular complexity index is 607. The van der Waals surface area contributed by atoms with Crippen LogP contribution in [0.5, 0.6) is 0 Å². The number of aromatic nitrogens is 1. The first kappa shape index (κ1) is 15.3. The molecule has 5 heteroatoms. The molecule has 0 aliphatic carbocycles. The number of thiazole rings is 1. The van der Waals surface area contributed by atoms with Crippen LogP contribution in [0.3, 0.4) is 0 Å². The molecule has 1 saturated heterocycles. The lowest BCUT2D eigenvalue weighted by molar-refractivity contribution is 0.158. The van der Waals surface area contributed by atoms with Gasteiger partial charge in [0, 0.05) is 25.6 Å². The van der Waals surface area contributed by atoms with Crippen LogP contribution in [0.2, 0.25) is 0 Å². The number of para-hydroxylation sites is 1. The first-order valence-corrected chi connectivity index (χ1v) is 8.94. The van der Waals surface area contributed by atoms with Crippen molar-refractivity contribution < 1.29 is 4.79 Å². The molecule has 22 heavy (non-hydrogen) atoms. The maximum Gasteiger partial charge on any atom is 0.317 e. The van der Waals surface area contributed by atoms with Gasteiger partial charge < -0.3 is 10.2 Å². The van der Waals surface area contributed by atoms with Crippen LogP contribution < -0.4 is 5.32 Å². The topological polar surface area (TPSA) is 45.2 Å². The lowest BCUT2D eigenvalue weighted by atomic mass is 10.0. The number of aryl methyl sites for hydroxylation is 1. The Morgan fingerprint density at radius 1 is 1.41 bits per heavy atom. The summed E-state index contributed by atoms with van der Waals surface area (Å²) in [6.07, 6.45) is 5.36. The van der Waals surface area contributed by atoms with Gasteiger partial charge in [-0.25, -0.2) is 9.78 Å². The fourth-order valence-electron chi connectivity index (χ4n) is 2.96. The van der Waals surface area contributed by atoms with Crippen molar-refractivity contribution in [3.63, 3.8) is 0 Å². The summed E-state index contributed by atoms with van der Waals surface area (Å²) in [4.78, 5) is 18.8. The minimum atomic E-state index is 0.0940. The van der Waals surface area contributed by atoms with Crippen LogP contribution in [0.15, 0.2) is 24.3 Å². The average Bonchev–Trinajstić information content (AvgIpc) is 2.94. The van der Waals surface area contributed by atoms with Gasteiger partial charge in [0.2, 0.25) is 0 Å². The first-order chi connectivity index (χ1) is 10.7. The standard InChI is InChI=1S/C17H23N3OS/c1-13-7-4-5-12-20(13)17(21)18-11-6-10-16-19-14-8-2-3-9-15(14)22-16/h2-3,8-9,13H,4-7,10-12H2,1H3,(H,18,21). The smallest absolute Gasteiger partial charge is 0.317 e. The van der Waals surface area contributed by atoms with E-state index in [4.69, 9.17) is 0 Å². The number of hydrogen-bond donors (Lipinski definition) is 1. The summed E-state index contributed by atoms with van der Waals surface area (Å²) < 4.78 is 1.24. The number of piperidine rings is 1. The fourth-order valence-corrected chi connectivity index (χ4v) is 3.97. The Labute approximate surface area is 135 Å². The van der Waals surface area contributed by atoms with E-state index in [1.165, 1.54) is 11.1 Å². The lowest BCUT2D eigenvalue weighted by Gasteiger charge is -2.33. The number of nitrogens with zero attached hydrogens (tertiary/aromatic N) is 2. The van der Waals surface area contributed by atoms with Gasteiger partial charge in [0.15, 0.2) is 0 Å².